The predicted molar refractivity (Wildman–Crippen MR) is 145 cm³/mol. The molecule has 4 saturated carbocycles. The van der Waals surface area contributed by atoms with Crippen LogP contribution >= 0.6 is 0 Å². The number of hydrogen-bond acceptors (Lipinski definition) is 11. The highest BCUT2D eigenvalue weighted by molar-refractivity contribution is 5.88. The molecule has 0 amide bonds. The van der Waals surface area contributed by atoms with Crippen molar-refractivity contribution in [2.75, 3.05) is 0 Å². The van der Waals surface area contributed by atoms with Crippen LogP contribution in [0.25, 0.3) is 0 Å². The molecule has 2 aliphatic heterocycles. The smallest absolute Gasteiger partial charge is 0.343 e. The quantitative estimate of drug-likeness (QED) is 0.237. The lowest BCUT2D eigenvalue weighted by molar-refractivity contribution is -0.233. The topological polar surface area (TPSA) is 169 Å². The number of fused-ring (bicyclic) bond motifs is 10. The highest BCUT2D eigenvalue weighted by Gasteiger charge is 2.80. The molecule has 7 aliphatic rings. The molecule has 11 nitrogen and oxygen atoms in total. The van der Waals surface area contributed by atoms with E-state index in [1.165, 1.54) is 20.8 Å². The SMILES string of the molecule is CC(=O)OC1CC2C(C(O)C(=O)C3CC4OC4C(OC(C)=O)C32C)C2C(O)C3C(C(C)C=C4OC(=O)C(C)(O)C43C)C12C. The third-order valence-corrected chi connectivity index (χ3v) is 13.5. The number of rotatable bonds is 2. The second-order valence-electron chi connectivity index (χ2n) is 15.2. The van der Waals surface area contributed by atoms with Crippen molar-refractivity contribution in [1.29, 1.82) is 0 Å². The number of Topliss-reactive ketones (excluding diaryl/α,β-unsaturated/α-hetero) is 1. The Labute approximate surface area is 250 Å². The standard InChI is InChI=1S/C32H42O11/c1-11-8-18-31(6,32(7,39)28(38)43-18)22-20(11)30(5)17(40-12(2)33)10-14-19(21(30)25(22)37)24(36)23(35)15-9-16-26(42-16)27(29(14,15)4)41-13(3)34/h8,11,14-17,19-22,24-27,36-37,39H,9-10H2,1-7H3. The minimum absolute atomic E-state index is 0.249. The molecule has 17 atom stereocenters. The van der Waals surface area contributed by atoms with E-state index in [0.717, 1.165) is 0 Å². The Morgan fingerprint density at radius 3 is 2.23 bits per heavy atom. The van der Waals surface area contributed by atoms with Gasteiger partial charge < -0.3 is 34.3 Å². The molecule has 0 aromatic heterocycles. The molecule has 6 fully saturated rings. The fourth-order valence-corrected chi connectivity index (χ4v) is 11.5. The van der Waals surface area contributed by atoms with Gasteiger partial charge in [0.25, 0.3) is 0 Å². The average molecular weight is 603 g/mol. The molecule has 236 valence electrons. The second kappa shape index (κ2) is 8.68. The van der Waals surface area contributed by atoms with Crippen LogP contribution in [0.1, 0.15) is 61.3 Å². The van der Waals surface area contributed by atoms with Crippen LogP contribution in [-0.2, 0) is 38.1 Å². The van der Waals surface area contributed by atoms with Crippen molar-refractivity contribution < 1.29 is 53.4 Å². The van der Waals surface area contributed by atoms with Crippen molar-refractivity contribution in [3.63, 3.8) is 0 Å². The summed E-state index contributed by atoms with van der Waals surface area (Å²) in [6, 6.07) is 0. The van der Waals surface area contributed by atoms with Crippen LogP contribution < -0.4 is 0 Å². The van der Waals surface area contributed by atoms with Crippen LogP contribution in [-0.4, -0.2) is 81.2 Å². The summed E-state index contributed by atoms with van der Waals surface area (Å²) >= 11 is 0. The zero-order valence-corrected chi connectivity index (χ0v) is 25.6. The van der Waals surface area contributed by atoms with E-state index in [1.54, 1.807) is 6.92 Å². The van der Waals surface area contributed by atoms with Gasteiger partial charge in [0, 0.05) is 48.3 Å². The van der Waals surface area contributed by atoms with Crippen LogP contribution in [0.3, 0.4) is 0 Å². The Bertz CT molecular complexity index is 1350. The Morgan fingerprint density at radius 2 is 1.60 bits per heavy atom. The molecule has 11 heteroatoms. The first-order valence-electron chi connectivity index (χ1n) is 15.5. The van der Waals surface area contributed by atoms with Crippen molar-refractivity contribution in [3.8, 4) is 0 Å². The van der Waals surface area contributed by atoms with Crippen LogP contribution in [0.4, 0.5) is 0 Å². The molecule has 3 N–H and O–H groups in total. The van der Waals surface area contributed by atoms with Gasteiger partial charge in [-0.15, -0.1) is 0 Å². The van der Waals surface area contributed by atoms with E-state index in [2.05, 4.69) is 0 Å². The molecule has 5 aliphatic carbocycles. The third-order valence-electron chi connectivity index (χ3n) is 13.5. The molecule has 0 radical (unpaired) electrons. The summed E-state index contributed by atoms with van der Waals surface area (Å²) in [7, 11) is 0. The number of ketones is 1. The minimum Gasteiger partial charge on any atom is -0.462 e. The molecule has 0 bridgehead atoms. The average Bonchev–Trinajstić information content (AvgIpc) is 3.60. The lowest BCUT2D eigenvalue weighted by atomic mass is 9.42. The summed E-state index contributed by atoms with van der Waals surface area (Å²) in [5.74, 6) is -5.98. The number of aliphatic hydroxyl groups is 3. The Balaban J connectivity index is 1.42. The van der Waals surface area contributed by atoms with Gasteiger partial charge in [0.15, 0.2) is 11.4 Å². The van der Waals surface area contributed by atoms with Gasteiger partial charge in [0.2, 0.25) is 0 Å². The fraction of sp³-hybridized carbons (Fsp3) is 0.812. The first-order chi connectivity index (χ1) is 19.9. The van der Waals surface area contributed by atoms with Gasteiger partial charge in [-0.2, -0.15) is 0 Å². The summed E-state index contributed by atoms with van der Waals surface area (Å²) < 4.78 is 23.5. The predicted octanol–water partition coefficient (Wildman–Crippen LogP) is 1.30. The lowest BCUT2D eigenvalue weighted by Gasteiger charge is -2.63. The van der Waals surface area contributed by atoms with Gasteiger partial charge >= 0.3 is 17.9 Å². The van der Waals surface area contributed by atoms with Gasteiger partial charge in [0.1, 0.15) is 30.2 Å². The number of carbonyl (C=O) groups excluding carboxylic acids is 4. The monoisotopic (exact) mass is 602 g/mol. The van der Waals surface area contributed by atoms with E-state index in [0.29, 0.717) is 12.2 Å². The second-order valence-corrected chi connectivity index (χ2v) is 15.2. The number of ether oxygens (including phenoxy) is 4. The number of carbonyl (C=O) groups is 4. The maximum atomic E-state index is 14.1. The molecule has 7 rings (SSSR count). The van der Waals surface area contributed by atoms with E-state index in [9.17, 15) is 34.5 Å². The molecule has 43 heavy (non-hydrogen) atoms. The Hall–Kier alpha value is -2.34. The van der Waals surface area contributed by atoms with Gasteiger partial charge in [-0.3, -0.25) is 14.4 Å². The largest absolute Gasteiger partial charge is 0.462 e. The molecule has 2 saturated heterocycles. The van der Waals surface area contributed by atoms with Crippen molar-refractivity contribution in [3.05, 3.63) is 11.8 Å². The minimum atomic E-state index is -1.96. The van der Waals surface area contributed by atoms with Crippen molar-refractivity contribution in [1.82, 2.24) is 0 Å². The van der Waals surface area contributed by atoms with Crippen LogP contribution in [0, 0.1) is 57.7 Å². The molecule has 2 heterocycles. The van der Waals surface area contributed by atoms with Crippen molar-refractivity contribution in [2.24, 2.45) is 57.7 Å². The van der Waals surface area contributed by atoms with Gasteiger partial charge in [-0.1, -0.05) is 20.8 Å². The maximum absolute atomic E-state index is 14.1. The maximum Gasteiger partial charge on any atom is 0.343 e. The van der Waals surface area contributed by atoms with E-state index >= 15 is 0 Å². The van der Waals surface area contributed by atoms with Crippen molar-refractivity contribution in [2.45, 2.75) is 104 Å². The van der Waals surface area contributed by atoms with E-state index in [1.807, 2.05) is 26.8 Å². The zero-order valence-electron chi connectivity index (χ0n) is 25.6. The number of epoxide rings is 1. The molecule has 0 spiro atoms. The van der Waals surface area contributed by atoms with E-state index in [-0.39, 0.29) is 30.3 Å². The Kier molecular flexibility index (Phi) is 5.93. The highest BCUT2D eigenvalue weighted by atomic mass is 16.6. The van der Waals surface area contributed by atoms with E-state index < -0.39 is 99.7 Å². The third kappa shape index (κ3) is 3.29. The summed E-state index contributed by atoms with van der Waals surface area (Å²) in [6.07, 6.45) is -2.28. The van der Waals surface area contributed by atoms with Crippen LogP contribution in [0.15, 0.2) is 11.8 Å². The van der Waals surface area contributed by atoms with Gasteiger partial charge in [-0.05, 0) is 50.5 Å². The number of allylic oxidation sites excluding steroid dienone is 1. The van der Waals surface area contributed by atoms with Crippen molar-refractivity contribution >= 4 is 23.7 Å². The highest BCUT2D eigenvalue weighted by Crippen LogP contribution is 2.75. The normalized spacial score (nSPS) is 57.5. The summed E-state index contributed by atoms with van der Waals surface area (Å²) in [5.41, 5.74) is -5.19. The molecular weight excluding hydrogens is 560 g/mol. The molecule has 17 unspecified atom stereocenters. The fourth-order valence-electron chi connectivity index (χ4n) is 11.5. The van der Waals surface area contributed by atoms with Gasteiger partial charge in [0.05, 0.1) is 17.6 Å². The summed E-state index contributed by atoms with van der Waals surface area (Å²) in [5, 5.41) is 36.0. The molecular formula is C32H42O11. The lowest BCUT2D eigenvalue weighted by Crippen LogP contribution is -2.70. The first kappa shape index (κ1) is 29.4. The summed E-state index contributed by atoms with van der Waals surface area (Å²) in [4.78, 5) is 52.1. The number of esters is 3. The summed E-state index contributed by atoms with van der Waals surface area (Å²) in [6.45, 7) is 11.6. The van der Waals surface area contributed by atoms with Crippen LogP contribution in [0.5, 0.6) is 0 Å². The van der Waals surface area contributed by atoms with Crippen LogP contribution in [0.2, 0.25) is 0 Å². The van der Waals surface area contributed by atoms with E-state index in [4.69, 9.17) is 18.9 Å². The van der Waals surface area contributed by atoms with Gasteiger partial charge in [-0.25, -0.2) is 4.79 Å². The number of aliphatic hydroxyl groups excluding tert-OH is 2. The molecule has 0 aromatic rings. The molecule has 0 aromatic carbocycles. The zero-order chi connectivity index (χ0) is 31.3. The first-order valence-corrected chi connectivity index (χ1v) is 15.5. The number of hydrogen-bond donors (Lipinski definition) is 3. The Morgan fingerprint density at radius 1 is 0.953 bits per heavy atom.